The van der Waals surface area contributed by atoms with Crippen LogP contribution in [0.2, 0.25) is 0 Å². The second kappa shape index (κ2) is 4.93. The number of halogens is 2. The van der Waals surface area contributed by atoms with Crippen molar-refractivity contribution in [3.63, 3.8) is 0 Å². The summed E-state index contributed by atoms with van der Waals surface area (Å²) < 4.78 is 18.8. The second-order valence-electron chi connectivity index (χ2n) is 3.79. The number of hydrogen-bond acceptors (Lipinski definition) is 3. The van der Waals surface area contributed by atoms with Crippen molar-refractivity contribution in [2.45, 2.75) is 18.9 Å². The summed E-state index contributed by atoms with van der Waals surface area (Å²) in [5, 5.41) is 0. The van der Waals surface area contributed by atoms with Gasteiger partial charge in [0.05, 0.1) is 19.1 Å². The van der Waals surface area contributed by atoms with Gasteiger partial charge in [-0.05, 0) is 19.1 Å². The van der Waals surface area contributed by atoms with Crippen LogP contribution >= 0.6 is 15.9 Å². The molecule has 0 aliphatic carbocycles. The lowest BCUT2D eigenvalue weighted by molar-refractivity contribution is -0.142. The maximum Gasteiger partial charge on any atom is 0.307 e. The van der Waals surface area contributed by atoms with Crippen molar-refractivity contribution < 1.29 is 13.9 Å². The number of ether oxygens (including phenoxy) is 1. The number of benzene rings is 1. The minimum Gasteiger partial charge on any atom is -0.469 e. The van der Waals surface area contributed by atoms with Crippen molar-refractivity contribution in [1.82, 2.24) is 0 Å². The Labute approximate surface area is 102 Å². The van der Waals surface area contributed by atoms with E-state index in [1.165, 1.54) is 13.2 Å². The molecule has 1 atom stereocenters. The van der Waals surface area contributed by atoms with Crippen LogP contribution in [-0.4, -0.2) is 13.1 Å². The normalized spacial score (nSPS) is 14.3. The van der Waals surface area contributed by atoms with Crippen LogP contribution in [0.3, 0.4) is 0 Å². The van der Waals surface area contributed by atoms with Gasteiger partial charge in [0.25, 0.3) is 0 Å². The summed E-state index contributed by atoms with van der Waals surface area (Å²) in [5.74, 6) is -0.907. The van der Waals surface area contributed by atoms with Crippen LogP contribution in [0.15, 0.2) is 22.7 Å². The highest BCUT2D eigenvalue weighted by Crippen LogP contribution is 2.26. The average Bonchev–Trinajstić information content (AvgIpc) is 2.16. The summed E-state index contributed by atoms with van der Waals surface area (Å²) >= 11 is 3.16. The van der Waals surface area contributed by atoms with Gasteiger partial charge in [0.1, 0.15) is 5.82 Å². The first-order valence-electron chi connectivity index (χ1n) is 4.68. The molecular formula is C11H13BrFNO2. The highest BCUT2D eigenvalue weighted by Gasteiger charge is 2.28. The molecule has 0 saturated carbocycles. The molecule has 0 spiro atoms. The first-order chi connectivity index (χ1) is 7.36. The molecule has 0 heterocycles. The number of esters is 1. The van der Waals surface area contributed by atoms with Crippen LogP contribution in [-0.2, 0) is 15.1 Å². The van der Waals surface area contributed by atoms with Gasteiger partial charge < -0.3 is 10.5 Å². The fraction of sp³-hybridized carbons (Fsp3) is 0.364. The van der Waals surface area contributed by atoms with E-state index in [4.69, 9.17) is 5.73 Å². The molecule has 3 nitrogen and oxygen atoms in total. The zero-order valence-corrected chi connectivity index (χ0v) is 10.7. The molecule has 0 aliphatic heterocycles. The summed E-state index contributed by atoms with van der Waals surface area (Å²) in [7, 11) is 1.27. The van der Waals surface area contributed by atoms with E-state index in [2.05, 4.69) is 20.7 Å². The molecule has 5 heteroatoms. The number of carbonyl (C=O) groups is 1. The third-order valence-electron chi connectivity index (χ3n) is 2.29. The number of methoxy groups -OCH3 is 1. The number of hydrogen-bond donors (Lipinski definition) is 1. The Hall–Kier alpha value is -0.940. The van der Waals surface area contributed by atoms with Gasteiger partial charge in [-0.15, -0.1) is 0 Å². The van der Waals surface area contributed by atoms with Gasteiger partial charge in [-0.3, -0.25) is 4.79 Å². The summed E-state index contributed by atoms with van der Waals surface area (Å²) in [5.41, 5.74) is 5.13. The van der Waals surface area contributed by atoms with Gasteiger partial charge in [-0.2, -0.15) is 0 Å². The molecule has 1 rings (SSSR count). The average molecular weight is 290 g/mol. The van der Waals surface area contributed by atoms with E-state index in [1.54, 1.807) is 19.1 Å². The quantitative estimate of drug-likeness (QED) is 0.869. The molecule has 1 aromatic rings. The summed E-state index contributed by atoms with van der Waals surface area (Å²) in [6, 6.07) is 4.56. The lowest BCUT2D eigenvalue weighted by Crippen LogP contribution is -2.36. The Morgan fingerprint density at radius 1 is 1.62 bits per heavy atom. The molecule has 16 heavy (non-hydrogen) atoms. The third-order valence-corrected chi connectivity index (χ3v) is 2.78. The summed E-state index contributed by atoms with van der Waals surface area (Å²) in [6.07, 6.45) is -0.0674. The van der Waals surface area contributed by atoms with Crippen LogP contribution in [0, 0.1) is 5.82 Å². The van der Waals surface area contributed by atoms with Gasteiger partial charge >= 0.3 is 5.97 Å². The first-order valence-corrected chi connectivity index (χ1v) is 5.47. The van der Waals surface area contributed by atoms with E-state index in [1.807, 2.05) is 0 Å². The molecule has 0 amide bonds. The third kappa shape index (κ3) is 3.02. The van der Waals surface area contributed by atoms with Crippen LogP contribution in [0.1, 0.15) is 18.9 Å². The zero-order chi connectivity index (χ0) is 12.3. The zero-order valence-electron chi connectivity index (χ0n) is 9.09. The highest BCUT2D eigenvalue weighted by molar-refractivity contribution is 9.10. The Kier molecular flexibility index (Phi) is 4.04. The van der Waals surface area contributed by atoms with E-state index in [0.717, 1.165) is 0 Å². The molecule has 0 bridgehead atoms. The van der Waals surface area contributed by atoms with Crippen molar-refractivity contribution >= 4 is 21.9 Å². The van der Waals surface area contributed by atoms with E-state index in [0.29, 0.717) is 10.0 Å². The number of nitrogens with two attached hydrogens (primary N) is 1. The molecule has 0 aromatic heterocycles. The van der Waals surface area contributed by atoms with Crippen molar-refractivity contribution in [3.8, 4) is 0 Å². The lowest BCUT2D eigenvalue weighted by Gasteiger charge is -2.24. The predicted molar refractivity (Wildman–Crippen MR) is 62.3 cm³/mol. The molecule has 0 radical (unpaired) electrons. The minimum absolute atomic E-state index is 0.0674. The Morgan fingerprint density at radius 3 is 2.75 bits per heavy atom. The molecule has 2 N–H and O–H groups in total. The Balaban J connectivity index is 3.02. The molecule has 1 aromatic carbocycles. The fourth-order valence-electron chi connectivity index (χ4n) is 1.42. The van der Waals surface area contributed by atoms with Gasteiger partial charge in [-0.25, -0.2) is 4.39 Å². The predicted octanol–water partition coefficient (Wildman–Crippen LogP) is 2.33. The van der Waals surface area contributed by atoms with E-state index in [9.17, 15) is 9.18 Å². The lowest BCUT2D eigenvalue weighted by atomic mass is 9.89. The molecule has 88 valence electrons. The Morgan fingerprint density at radius 2 is 2.25 bits per heavy atom. The largest absolute Gasteiger partial charge is 0.469 e. The number of carbonyl (C=O) groups excluding carboxylic acids is 1. The van der Waals surface area contributed by atoms with Crippen LogP contribution in [0.4, 0.5) is 4.39 Å². The minimum atomic E-state index is -1.07. The summed E-state index contributed by atoms with van der Waals surface area (Å²) in [4.78, 5) is 11.1. The fourth-order valence-corrected chi connectivity index (χ4v) is 1.75. The SMILES string of the molecule is COC(=O)CC(C)(N)c1ccc(Br)cc1F. The van der Waals surface area contributed by atoms with Gasteiger partial charge in [0, 0.05) is 10.0 Å². The smallest absolute Gasteiger partial charge is 0.307 e. The Bertz CT molecular complexity index is 407. The molecule has 0 fully saturated rings. The topological polar surface area (TPSA) is 52.3 Å². The van der Waals surface area contributed by atoms with E-state index >= 15 is 0 Å². The maximum atomic E-state index is 13.6. The van der Waals surface area contributed by atoms with Crippen molar-refractivity contribution in [2.75, 3.05) is 7.11 Å². The standard InChI is InChI=1S/C11H13BrFNO2/c1-11(14,6-10(15)16-2)8-4-3-7(12)5-9(8)13/h3-5H,6,14H2,1-2H3. The van der Waals surface area contributed by atoms with Gasteiger partial charge in [0.15, 0.2) is 0 Å². The van der Waals surface area contributed by atoms with Crippen LogP contribution < -0.4 is 5.73 Å². The van der Waals surface area contributed by atoms with E-state index in [-0.39, 0.29) is 6.42 Å². The first kappa shape index (κ1) is 13.1. The molecule has 0 saturated heterocycles. The van der Waals surface area contributed by atoms with Crippen LogP contribution in [0.5, 0.6) is 0 Å². The van der Waals surface area contributed by atoms with Crippen LogP contribution in [0.25, 0.3) is 0 Å². The van der Waals surface area contributed by atoms with Crippen molar-refractivity contribution in [1.29, 1.82) is 0 Å². The molecule has 0 aliphatic rings. The molecular weight excluding hydrogens is 277 g/mol. The highest BCUT2D eigenvalue weighted by atomic mass is 79.9. The van der Waals surface area contributed by atoms with Gasteiger partial charge in [0.2, 0.25) is 0 Å². The van der Waals surface area contributed by atoms with Crippen molar-refractivity contribution in [2.24, 2.45) is 5.73 Å². The second-order valence-corrected chi connectivity index (χ2v) is 4.71. The monoisotopic (exact) mass is 289 g/mol. The van der Waals surface area contributed by atoms with Gasteiger partial charge in [-0.1, -0.05) is 22.0 Å². The van der Waals surface area contributed by atoms with Crippen molar-refractivity contribution in [3.05, 3.63) is 34.1 Å². The number of rotatable bonds is 3. The maximum absolute atomic E-state index is 13.6. The summed E-state index contributed by atoms with van der Waals surface area (Å²) in [6.45, 7) is 1.59. The molecule has 1 unspecified atom stereocenters. The van der Waals surface area contributed by atoms with E-state index < -0.39 is 17.3 Å².